The van der Waals surface area contributed by atoms with Crippen LogP contribution in [0.15, 0.2) is 29.1 Å². The van der Waals surface area contributed by atoms with Gasteiger partial charge in [0.2, 0.25) is 0 Å². The van der Waals surface area contributed by atoms with E-state index in [9.17, 15) is 23.2 Å². The first-order valence-electron chi connectivity index (χ1n) is 7.55. The Labute approximate surface area is 145 Å². The van der Waals surface area contributed by atoms with E-state index < -0.39 is 17.3 Å². The number of alkyl halides is 3. The quantitative estimate of drug-likeness (QED) is 0.895. The lowest BCUT2D eigenvalue weighted by Crippen LogP contribution is -2.20. The number of rotatable bonds is 4. The van der Waals surface area contributed by atoms with E-state index in [0.717, 1.165) is 24.0 Å². The molecule has 1 aromatic heterocycles. The lowest BCUT2D eigenvalue weighted by Gasteiger charge is -2.13. The lowest BCUT2D eigenvalue weighted by molar-refractivity contribution is -0.136. The number of anilines is 2. The number of benzene rings is 1. The monoisotopic (exact) mass is 369 g/mol. The second-order valence-corrected chi connectivity index (χ2v) is 6.70. The number of hydrogen-bond donors (Lipinski definition) is 1. The Kier molecular flexibility index (Phi) is 4.83. The van der Waals surface area contributed by atoms with Crippen molar-refractivity contribution >= 4 is 22.2 Å². The van der Waals surface area contributed by atoms with E-state index in [2.05, 4.69) is 5.32 Å². The van der Waals surface area contributed by atoms with E-state index in [-0.39, 0.29) is 22.2 Å². The highest BCUT2D eigenvalue weighted by molar-refractivity contribution is 7.11. The van der Waals surface area contributed by atoms with Crippen LogP contribution in [0, 0.1) is 17.2 Å². The highest BCUT2D eigenvalue weighted by Gasteiger charge is 2.33. The van der Waals surface area contributed by atoms with E-state index in [1.807, 2.05) is 0 Å². The topological polar surface area (TPSA) is 67.1 Å². The van der Waals surface area contributed by atoms with Crippen LogP contribution in [-0.2, 0) is 17.5 Å². The van der Waals surface area contributed by atoms with Gasteiger partial charge >= 0.3 is 6.18 Å². The fourth-order valence-electron chi connectivity index (χ4n) is 2.65. The Morgan fingerprint density at radius 1 is 1.40 bits per heavy atom. The molecular formula is C16H14F3N3O2S. The van der Waals surface area contributed by atoms with Gasteiger partial charge in [0.05, 0.1) is 17.9 Å². The molecule has 1 aliphatic heterocycles. The average molecular weight is 369 g/mol. The van der Waals surface area contributed by atoms with Crippen LogP contribution in [0.2, 0.25) is 0 Å². The molecule has 0 unspecified atom stereocenters. The molecule has 132 valence electrons. The molecule has 1 N–H and O–H groups in total. The van der Waals surface area contributed by atoms with E-state index in [1.54, 1.807) is 6.07 Å². The molecular weight excluding hydrogens is 355 g/mol. The van der Waals surface area contributed by atoms with Crippen molar-refractivity contribution in [1.82, 2.24) is 3.96 Å². The Balaban J connectivity index is 1.93. The van der Waals surface area contributed by atoms with Gasteiger partial charge in [-0.05, 0) is 30.1 Å². The molecule has 3 rings (SSSR count). The average Bonchev–Trinajstić information content (AvgIpc) is 3.16. The predicted octanol–water partition coefficient (Wildman–Crippen LogP) is 3.58. The van der Waals surface area contributed by atoms with Crippen molar-refractivity contribution in [3.8, 4) is 6.07 Å². The molecule has 25 heavy (non-hydrogen) atoms. The van der Waals surface area contributed by atoms with Crippen LogP contribution < -0.4 is 10.9 Å². The predicted molar refractivity (Wildman–Crippen MR) is 86.9 cm³/mol. The van der Waals surface area contributed by atoms with Gasteiger partial charge in [-0.2, -0.15) is 18.4 Å². The van der Waals surface area contributed by atoms with Crippen LogP contribution in [0.25, 0.3) is 0 Å². The minimum atomic E-state index is -4.54. The second-order valence-electron chi connectivity index (χ2n) is 5.67. The number of halogens is 3. The number of ether oxygens (including phenoxy) is 1. The SMILES string of the molecule is N#Cc1c(Nc2ccccc2C(F)(F)F)sn(C[C@@H]2CCOC2)c1=O. The van der Waals surface area contributed by atoms with Gasteiger partial charge in [-0.1, -0.05) is 12.1 Å². The van der Waals surface area contributed by atoms with Crippen molar-refractivity contribution in [2.24, 2.45) is 5.92 Å². The van der Waals surface area contributed by atoms with Crippen LogP contribution in [0.3, 0.4) is 0 Å². The molecule has 2 heterocycles. The lowest BCUT2D eigenvalue weighted by atomic mass is 10.1. The Morgan fingerprint density at radius 3 is 2.80 bits per heavy atom. The van der Waals surface area contributed by atoms with Crippen molar-refractivity contribution in [2.45, 2.75) is 19.1 Å². The number of nitriles is 1. The van der Waals surface area contributed by atoms with Gasteiger partial charge in [0, 0.05) is 19.1 Å². The van der Waals surface area contributed by atoms with Gasteiger partial charge in [0.15, 0.2) is 5.56 Å². The number of nitrogens with zero attached hydrogens (tertiary/aromatic N) is 2. The molecule has 2 aromatic rings. The van der Waals surface area contributed by atoms with Crippen LogP contribution >= 0.6 is 11.5 Å². The maximum absolute atomic E-state index is 13.1. The van der Waals surface area contributed by atoms with Gasteiger partial charge in [0.1, 0.15) is 11.1 Å². The molecule has 1 aromatic carbocycles. The second kappa shape index (κ2) is 6.90. The summed E-state index contributed by atoms with van der Waals surface area (Å²) in [5, 5.41) is 12.0. The summed E-state index contributed by atoms with van der Waals surface area (Å²) in [4.78, 5) is 12.3. The summed E-state index contributed by atoms with van der Waals surface area (Å²) >= 11 is 0.959. The number of nitrogens with one attached hydrogen (secondary N) is 1. The summed E-state index contributed by atoms with van der Waals surface area (Å²) < 4.78 is 46.0. The summed E-state index contributed by atoms with van der Waals surface area (Å²) in [6, 6.07) is 6.75. The molecule has 0 aliphatic carbocycles. The minimum Gasteiger partial charge on any atom is -0.381 e. The summed E-state index contributed by atoms with van der Waals surface area (Å²) in [6.45, 7) is 1.55. The third kappa shape index (κ3) is 3.70. The summed E-state index contributed by atoms with van der Waals surface area (Å²) in [5.74, 6) is 0.165. The van der Waals surface area contributed by atoms with Gasteiger partial charge in [-0.15, -0.1) is 0 Å². The van der Waals surface area contributed by atoms with E-state index in [4.69, 9.17) is 4.74 Å². The number of hydrogen-bond acceptors (Lipinski definition) is 5. The summed E-state index contributed by atoms with van der Waals surface area (Å²) in [6.07, 6.45) is -3.73. The fourth-order valence-corrected chi connectivity index (χ4v) is 3.71. The molecule has 1 saturated heterocycles. The van der Waals surface area contributed by atoms with E-state index in [1.165, 1.54) is 22.2 Å². The van der Waals surface area contributed by atoms with Crippen LogP contribution in [0.1, 0.15) is 17.5 Å². The molecule has 1 fully saturated rings. The zero-order valence-electron chi connectivity index (χ0n) is 13.0. The summed E-state index contributed by atoms with van der Waals surface area (Å²) in [5.41, 5.74) is -1.72. The normalized spacial score (nSPS) is 17.4. The van der Waals surface area contributed by atoms with Crippen LogP contribution in [-0.4, -0.2) is 17.2 Å². The van der Waals surface area contributed by atoms with Gasteiger partial charge < -0.3 is 10.1 Å². The van der Waals surface area contributed by atoms with Crippen molar-refractivity contribution in [3.05, 3.63) is 45.7 Å². The molecule has 9 heteroatoms. The third-order valence-electron chi connectivity index (χ3n) is 3.91. The first kappa shape index (κ1) is 17.5. The Bertz CT molecular complexity index is 861. The largest absolute Gasteiger partial charge is 0.418 e. The van der Waals surface area contributed by atoms with Crippen molar-refractivity contribution in [1.29, 1.82) is 5.26 Å². The van der Waals surface area contributed by atoms with Crippen LogP contribution in [0.4, 0.5) is 23.9 Å². The van der Waals surface area contributed by atoms with Gasteiger partial charge in [-0.3, -0.25) is 8.75 Å². The van der Waals surface area contributed by atoms with Crippen molar-refractivity contribution in [2.75, 3.05) is 18.5 Å². The smallest absolute Gasteiger partial charge is 0.381 e. The maximum atomic E-state index is 13.1. The zero-order valence-corrected chi connectivity index (χ0v) is 13.8. The van der Waals surface area contributed by atoms with E-state index >= 15 is 0 Å². The molecule has 0 spiro atoms. The standard InChI is InChI=1S/C16H14F3N3O2S/c17-16(18,19)12-3-1-2-4-13(12)21-14-11(7-20)15(23)22(25-14)8-10-5-6-24-9-10/h1-4,10,21H,5-6,8-9H2/t10-/m0/s1. The highest BCUT2D eigenvalue weighted by Crippen LogP contribution is 2.37. The maximum Gasteiger partial charge on any atom is 0.418 e. The Hall–Kier alpha value is -2.31. The fraction of sp³-hybridized carbons (Fsp3) is 0.375. The van der Waals surface area contributed by atoms with Crippen molar-refractivity contribution < 1.29 is 17.9 Å². The molecule has 0 bridgehead atoms. The zero-order chi connectivity index (χ0) is 18.0. The molecule has 1 aliphatic rings. The first-order valence-corrected chi connectivity index (χ1v) is 8.32. The van der Waals surface area contributed by atoms with E-state index in [0.29, 0.717) is 19.8 Å². The molecule has 1 atom stereocenters. The van der Waals surface area contributed by atoms with Gasteiger partial charge in [0.25, 0.3) is 5.56 Å². The van der Waals surface area contributed by atoms with Crippen molar-refractivity contribution in [3.63, 3.8) is 0 Å². The number of aromatic nitrogens is 1. The minimum absolute atomic E-state index is 0.114. The highest BCUT2D eigenvalue weighted by atomic mass is 32.1. The molecule has 0 amide bonds. The first-order chi connectivity index (χ1) is 11.9. The third-order valence-corrected chi connectivity index (χ3v) is 4.93. The molecule has 0 saturated carbocycles. The number of para-hydroxylation sites is 1. The van der Waals surface area contributed by atoms with Crippen LogP contribution in [0.5, 0.6) is 0 Å². The van der Waals surface area contributed by atoms with Gasteiger partial charge in [-0.25, -0.2) is 0 Å². The molecule has 5 nitrogen and oxygen atoms in total. The molecule has 0 radical (unpaired) electrons. The Morgan fingerprint density at radius 2 is 2.16 bits per heavy atom. The summed E-state index contributed by atoms with van der Waals surface area (Å²) in [7, 11) is 0.